The van der Waals surface area contributed by atoms with Crippen LogP contribution in [0.1, 0.15) is 25.7 Å². The van der Waals surface area contributed by atoms with E-state index in [1.165, 1.54) is 0 Å². The van der Waals surface area contributed by atoms with E-state index in [2.05, 4.69) is 5.32 Å². The first kappa shape index (κ1) is 13.0. The molecule has 1 saturated carbocycles. The fourth-order valence-electron chi connectivity index (χ4n) is 2.11. The molecule has 2 rings (SSSR count). The molecule has 18 heavy (non-hydrogen) atoms. The Labute approximate surface area is 105 Å². The summed E-state index contributed by atoms with van der Waals surface area (Å²) in [5.41, 5.74) is 9.90. The highest BCUT2D eigenvalue weighted by Gasteiger charge is 2.50. The van der Waals surface area contributed by atoms with Crippen LogP contribution < -0.4 is 16.8 Å². The lowest BCUT2D eigenvalue weighted by Gasteiger charge is -2.25. The molecular formula is C11H18N4O3. The number of nitrogens with zero attached hydrogens (tertiary/aromatic N) is 1. The second-order valence-electron chi connectivity index (χ2n) is 5.00. The first-order valence-electron chi connectivity index (χ1n) is 6.10. The summed E-state index contributed by atoms with van der Waals surface area (Å²) in [6.45, 7) is 0.345. The van der Waals surface area contributed by atoms with E-state index in [4.69, 9.17) is 11.5 Å². The van der Waals surface area contributed by atoms with Crippen molar-refractivity contribution in [2.75, 3.05) is 13.1 Å². The van der Waals surface area contributed by atoms with Crippen molar-refractivity contribution < 1.29 is 14.4 Å². The standard InChI is InChI=1S/C11H18N4O3/c12-8(16)6-15(10(18)11(13)3-4-11)9(17)7-2-1-5-14-7/h7,14H,1-6,13H2,(H2,12,16)/t7-/m0/s1. The van der Waals surface area contributed by atoms with Gasteiger partial charge in [0.15, 0.2) is 0 Å². The molecule has 1 saturated heterocycles. The second-order valence-corrected chi connectivity index (χ2v) is 5.00. The largest absolute Gasteiger partial charge is 0.368 e. The monoisotopic (exact) mass is 254 g/mol. The van der Waals surface area contributed by atoms with Crippen molar-refractivity contribution in [3.63, 3.8) is 0 Å². The van der Waals surface area contributed by atoms with Gasteiger partial charge in [-0.15, -0.1) is 0 Å². The maximum Gasteiger partial charge on any atom is 0.249 e. The Hall–Kier alpha value is -1.47. The number of hydrogen-bond acceptors (Lipinski definition) is 5. The summed E-state index contributed by atoms with van der Waals surface area (Å²) in [6, 6.07) is -0.407. The van der Waals surface area contributed by atoms with Crippen LogP contribution in [-0.2, 0) is 14.4 Å². The van der Waals surface area contributed by atoms with Gasteiger partial charge in [-0.05, 0) is 32.2 Å². The van der Waals surface area contributed by atoms with Crippen LogP contribution in [0.2, 0.25) is 0 Å². The average molecular weight is 254 g/mol. The Balaban J connectivity index is 2.11. The van der Waals surface area contributed by atoms with Gasteiger partial charge < -0.3 is 16.8 Å². The third kappa shape index (κ3) is 2.51. The van der Waals surface area contributed by atoms with Gasteiger partial charge >= 0.3 is 0 Å². The molecule has 100 valence electrons. The highest BCUT2D eigenvalue weighted by atomic mass is 16.2. The Morgan fingerprint density at radius 3 is 2.44 bits per heavy atom. The number of nitrogens with one attached hydrogen (secondary N) is 1. The Kier molecular flexibility index (Phi) is 3.36. The van der Waals surface area contributed by atoms with E-state index >= 15 is 0 Å². The summed E-state index contributed by atoms with van der Waals surface area (Å²) >= 11 is 0. The summed E-state index contributed by atoms with van der Waals surface area (Å²) in [5, 5.41) is 3.00. The highest BCUT2D eigenvalue weighted by Crippen LogP contribution is 2.34. The van der Waals surface area contributed by atoms with Crippen LogP contribution in [-0.4, -0.2) is 47.3 Å². The molecule has 0 spiro atoms. The number of hydrogen-bond donors (Lipinski definition) is 3. The Morgan fingerprint density at radius 2 is 2.00 bits per heavy atom. The van der Waals surface area contributed by atoms with Crippen LogP contribution >= 0.6 is 0 Å². The molecule has 1 aliphatic carbocycles. The quantitative estimate of drug-likeness (QED) is 0.505. The van der Waals surface area contributed by atoms with Gasteiger partial charge in [-0.3, -0.25) is 19.3 Å². The molecule has 7 nitrogen and oxygen atoms in total. The summed E-state index contributed by atoms with van der Waals surface area (Å²) in [7, 11) is 0. The van der Waals surface area contributed by atoms with Crippen LogP contribution in [0.25, 0.3) is 0 Å². The second kappa shape index (κ2) is 4.66. The summed E-state index contributed by atoms with van der Waals surface area (Å²) in [5.74, 6) is -1.59. The molecule has 1 heterocycles. The maximum atomic E-state index is 12.2. The van der Waals surface area contributed by atoms with Gasteiger partial charge in [-0.1, -0.05) is 0 Å². The van der Waals surface area contributed by atoms with Crippen molar-refractivity contribution in [1.82, 2.24) is 10.2 Å². The van der Waals surface area contributed by atoms with Gasteiger partial charge in [-0.2, -0.15) is 0 Å². The van der Waals surface area contributed by atoms with E-state index in [0.29, 0.717) is 19.3 Å². The Morgan fingerprint density at radius 1 is 1.33 bits per heavy atom. The Bertz CT molecular complexity index is 386. The predicted octanol–water partition coefficient (Wildman–Crippen LogP) is -1.93. The van der Waals surface area contributed by atoms with Crippen LogP contribution in [0.15, 0.2) is 0 Å². The minimum absolute atomic E-state index is 0.394. The van der Waals surface area contributed by atoms with E-state index in [-0.39, 0.29) is 0 Å². The minimum Gasteiger partial charge on any atom is -0.368 e. The van der Waals surface area contributed by atoms with Crippen molar-refractivity contribution in [3.8, 4) is 0 Å². The molecular weight excluding hydrogens is 236 g/mol. The van der Waals surface area contributed by atoms with Gasteiger partial charge in [-0.25, -0.2) is 0 Å². The molecule has 7 heteroatoms. The predicted molar refractivity (Wildman–Crippen MR) is 63.1 cm³/mol. The normalized spacial score (nSPS) is 24.6. The third-order valence-electron chi connectivity index (χ3n) is 3.40. The molecule has 1 aliphatic heterocycles. The number of rotatable bonds is 4. The van der Waals surface area contributed by atoms with E-state index in [1.54, 1.807) is 0 Å². The van der Waals surface area contributed by atoms with Gasteiger partial charge in [0, 0.05) is 0 Å². The molecule has 0 radical (unpaired) electrons. The number of imide groups is 1. The topological polar surface area (TPSA) is 119 Å². The zero-order valence-electron chi connectivity index (χ0n) is 10.1. The lowest BCUT2D eigenvalue weighted by molar-refractivity contribution is -0.149. The fourth-order valence-corrected chi connectivity index (χ4v) is 2.11. The molecule has 0 aromatic heterocycles. The molecule has 0 aromatic carbocycles. The summed E-state index contributed by atoms with van der Waals surface area (Å²) in [6.07, 6.45) is 2.64. The zero-order valence-corrected chi connectivity index (χ0v) is 10.1. The third-order valence-corrected chi connectivity index (χ3v) is 3.40. The molecule has 3 amide bonds. The van der Waals surface area contributed by atoms with E-state index in [1.807, 2.05) is 0 Å². The highest BCUT2D eigenvalue weighted by molar-refractivity contribution is 6.05. The molecule has 2 fully saturated rings. The van der Waals surface area contributed by atoms with E-state index < -0.39 is 35.8 Å². The van der Waals surface area contributed by atoms with Gasteiger partial charge in [0.2, 0.25) is 17.7 Å². The summed E-state index contributed by atoms with van der Waals surface area (Å²) < 4.78 is 0. The summed E-state index contributed by atoms with van der Waals surface area (Å²) in [4.78, 5) is 36.2. The number of nitrogens with two attached hydrogens (primary N) is 2. The van der Waals surface area contributed by atoms with Crippen molar-refractivity contribution in [1.29, 1.82) is 0 Å². The molecule has 1 atom stereocenters. The van der Waals surface area contributed by atoms with Crippen molar-refractivity contribution in [2.24, 2.45) is 11.5 Å². The first-order chi connectivity index (χ1) is 8.44. The number of carbonyl (C=O) groups is 3. The van der Waals surface area contributed by atoms with Crippen LogP contribution in [0, 0.1) is 0 Å². The van der Waals surface area contributed by atoms with Crippen molar-refractivity contribution in [2.45, 2.75) is 37.3 Å². The minimum atomic E-state index is -0.969. The van der Waals surface area contributed by atoms with Crippen LogP contribution in [0.5, 0.6) is 0 Å². The lowest BCUT2D eigenvalue weighted by Crippen LogP contribution is -2.55. The zero-order chi connectivity index (χ0) is 13.3. The van der Waals surface area contributed by atoms with E-state index in [0.717, 1.165) is 17.9 Å². The SMILES string of the molecule is NC(=O)CN(C(=O)[C@@H]1CCCN1)C(=O)C1(N)CC1. The average Bonchev–Trinajstić information content (AvgIpc) is 2.86. The smallest absolute Gasteiger partial charge is 0.249 e. The maximum absolute atomic E-state index is 12.2. The molecule has 0 aromatic rings. The molecule has 5 N–H and O–H groups in total. The fraction of sp³-hybridized carbons (Fsp3) is 0.727. The number of carbonyl (C=O) groups excluding carboxylic acids is 3. The van der Waals surface area contributed by atoms with Gasteiger partial charge in [0.05, 0.1) is 11.6 Å². The lowest BCUT2D eigenvalue weighted by atomic mass is 10.1. The van der Waals surface area contributed by atoms with Crippen LogP contribution in [0.4, 0.5) is 0 Å². The number of amides is 3. The molecule has 0 bridgehead atoms. The number of primary amides is 1. The van der Waals surface area contributed by atoms with Crippen molar-refractivity contribution >= 4 is 17.7 Å². The molecule has 0 unspecified atom stereocenters. The van der Waals surface area contributed by atoms with E-state index in [9.17, 15) is 14.4 Å². The first-order valence-corrected chi connectivity index (χ1v) is 6.10. The molecule has 2 aliphatic rings. The van der Waals surface area contributed by atoms with Gasteiger partial charge in [0.1, 0.15) is 6.54 Å². The van der Waals surface area contributed by atoms with Crippen molar-refractivity contribution in [3.05, 3.63) is 0 Å². The van der Waals surface area contributed by atoms with Gasteiger partial charge in [0.25, 0.3) is 0 Å². The van der Waals surface area contributed by atoms with Crippen LogP contribution in [0.3, 0.4) is 0 Å².